The second-order valence-corrected chi connectivity index (χ2v) is 3.93. The van der Waals surface area contributed by atoms with Crippen LogP contribution in [0.4, 0.5) is 0 Å². The molecule has 0 unspecified atom stereocenters. The topological polar surface area (TPSA) is 50.2 Å². The van der Waals surface area contributed by atoms with Gasteiger partial charge in [0.15, 0.2) is 0 Å². The minimum absolute atomic E-state index is 0.115. The summed E-state index contributed by atoms with van der Waals surface area (Å²) in [7, 11) is 0. The van der Waals surface area contributed by atoms with E-state index in [0.29, 0.717) is 5.52 Å². The number of hydrogen-bond donors (Lipinski definition) is 1. The Hall–Kier alpha value is -1.61. The molecule has 4 heteroatoms. The van der Waals surface area contributed by atoms with E-state index in [1.165, 1.54) is 0 Å². The quantitative estimate of drug-likeness (QED) is 0.870. The van der Waals surface area contributed by atoms with Crippen LogP contribution >= 0.6 is 11.6 Å². The lowest BCUT2D eigenvalue weighted by Gasteiger charge is -2.04. The maximum Gasteiger partial charge on any atom is 0.337 e. The number of hydrogen-bond acceptors (Lipinski definition) is 2. The first kappa shape index (κ1) is 10.9. The van der Waals surface area contributed by atoms with Gasteiger partial charge in [-0.1, -0.05) is 18.5 Å². The summed E-state index contributed by atoms with van der Waals surface area (Å²) in [6.45, 7) is 2.02. The standard InChI is InChI=1S/C12H10ClNO2/c1-2-7-3-8-4-9(12(15)16)10(13)5-11(8)14-6-7/h3-6H,2H2,1H3,(H,15,16). The Morgan fingerprint density at radius 3 is 2.81 bits per heavy atom. The number of halogens is 1. The molecule has 0 atom stereocenters. The predicted octanol–water partition coefficient (Wildman–Crippen LogP) is 3.15. The smallest absolute Gasteiger partial charge is 0.337 e. The first-order valence-electron chi connectivity index (χ1n) is 4.93. The summed E-state index contributed by atoms with van der Waals surface area (Å²) in [5.74, 6) is -1.02. The van der Waals surface area contributed by atoms with Crippen molar-refractivity contribution < 1.29 is 9.90 Å². The van der Waals surface area contributed by atoms with Crippen molar-refractivity contribution in [3.63, 3.8) is 0 Å². The third-order valence-corrected chi connectivity index (χ3v) is 2.78. The molecule has 3 nitrogen and oxygen atoms in total. The summed E-state index contributed by atoms with van der Waals surface area (Å²) >= 11 is 5.85. The van der Waals surface area contributed by atoms with Crippen LogP contribution in [0.25, 0.3) is 10.9 Å². The average molecular weight is 236 g/mol. The number of fused-ring (bicyclic) bond motifs is 1. The number of nitrogens with zero attached hydrogens (tertiary/aromatic N) is 1. The zero-order valence-electron chi connectivity index (χ0n) is 8.70. The van der Waals surface area contributed by atoms with Crippen molar-refractivity contribution in [2.45, 2.75) is 13.3 Å². The van der Waals surface area contributed by atoms with Crippen LogP contribution < -0.4 is 0 Å². The first-order chi connectivity index (χ1) is 7.61. The van der Waals surface area contributed by atoms with E-state index in [2.05, 4.69) is 4.98 Å². The highest BCUT2D eigenvalue weighted by molar-refractivity contribution is 6.34. The maximum atomic E-state index is 10.9. The Bertz CT molecular complexity index is 566. The second-order valence-electron chi connectivity index (χ2n) is 3.53. The van der Waals surface area contributed by atoms with Crippen LogP contribution in [0.1, 0.15) is 22.8 Å². The molecule has 1 aromatic carbocycles. The Balaban J connectivity index is 2.70. The Morgan fingerprint density at radius 2 is 2.19 bits per heavy atom. The van der Waals surface area contributed by atoms with Gasteiger partial charge in [0, 0.05) is 11.6 Å². The molecule has 0 aliphatic carbocycles. The van der Waals surface area contributed by atoms with Crippen molar-refractivity contribution >= 4 is 28.5 Å². The fraction of sp³-hybridized carbons (Fsp3) is 0.167. The minimum Gasteiger partial charge on any atom is -0.478 e. The van der Waals surface area contributed by atoms with E-state index < -0.39 is 5.97 Å². The average Bonchev–Trinajstić information content (AvgIpc) is 2.27. The molecule has 2 aromatic rings. The largest absolute Gasteiger partial charge is 0.478 e. The van der Waals surface area contributed by atoms with Gasteiger partial charge in [-0.25, -0.2) is 4.79 Å². The third kappa shape index (κ3) is 1.86. The van der Waals surface area contributed by atoms with Gasteiger partial charge in [-0.15, -0.1) is 0 Å². The zero-order chi connectivity index (χ0) is 11.7. The van der Waals surface area contributed by atoms with E-state index in [-0.39, 0.29) is 10.6 Å². The molecule has 1 heterocycles. The normalized spacial score (nSPS) is 10.6. The molecule has 16 heavy (non-hydrogen) atoms. The Labute approximate surface area is 97.7 Å². The molecule has 82 valence electrons. The molecule has 0 aliphatic rings. The fourth-order valence-corrected chi connectivity index (χ4v) is 1.79. The molecular formula is C12H10ClNO2. The lowest BCUT2D eigenvalue weighted by Crippen LogP contribution is -1.98. The Morgan fingerprint density at radius 1 is 1.44 bits per heavy atom. The van der Waals surface area contributed by atoms with Crippen molar-refractivity contribution in [2.24, 2.45) is 0 Å². The summed E-state index contributed by atoms with van der Waals surface area (Å²) in [5.41, 5.74) is 1.91. The van der Waals surface area contributed by atoms with E-state index in [4.69, 9.17) is 16.7 Å². The zero-order valence-corrected chi connectivity index (χ0v) is 9.45. The van der Waals surface area contributed by atoms with E-state index in [0.717, 1.165) is 17.4 Å². The van der Waals surface area contributed by atoms with Crippen molar-refractivity contribution in [3.8, 4) is 0 Å². The molecule has 0 spiro atoms. The van der Waals surface area contributed by atoms with Crippen LogP contribution in [0.5, 0.6) is 0 Å². The lowest BCUT2D eigenvalue weighted by molar-refractivity contribution is 0.0697. The van der Waals surface area contributed by atoms with Gasteiger partial charge < -0.3 is 5.11 Å². The third-order valence-electron chi connectivity index (χ3n) is 2.47. The van der Waals surface area contributed by atoms with Crippen LogP contribution in [0, 0.1) is 0 Å². The number of carboxylic acid groups (broad SMARTS) is 1. The highest BCUT2D eigenvalue weighted by Crippen LogP contribution is 2.23. The molecule has 0 saturated carbocycles. The van der Waals surface area contributed by atoms with Gasteiger partial charge in [-0.05, 0) is 30.2 Å². The minimum atomic E-state index is -1.02. The number of benzene rings is 1. The molecule has 1 N–H and O–H groups in total. The van der Waals surface area contributed by atoms with Gasteiger partial charge in [-0.2, -0.15) is 0 Å². The van der Waals surface area contributed by atoms with E-state index in [1.54, 1.807) is 18.3 Å². The Kier molecular flexibility index (Phi) is 2.79. The second kappa shape index (κ2) is 4.10. The molecule has 0 fully saturated rings. The summed E-state index contributed by atoms with van der Waals surface area (Å²) < 4.78 is 0. The van der Waals surface area contributed by atoms with E-state index in [1.807, 2.05) is 13.0 Å². The summed E-state index contributed by atoms with van der Waals surface area (Å²) in [6, 6.07) is 5.08. The van der Waals surface area contributed by atoms with Gasteiger partial charge in [0.25, 0.3) is 0 Å². The number of carbonyl (C=O) groups is 1. The number of aryl methyl sites for hydroxylation is 1. The maximum absolute atomic E-state index is 10.9. The lowest BCUT2D eigenvalue weighted by atomic mass is 10.1. The number of aromatic nitrogens is 1. The molecule has 0 aliphatic heterocycles. The highest BCUT2D eigenvalue weighted by Gasteiger charge is 2.10. The van der Waals surface area contributed by atoms with Crippen LogP contribution in [0.3, 0.4) is 0 Å². The number of aromatic carboxylic acids is 1. The molecule has 0 bridgehead atoms. The molecule has 0 amide bonds. The predicted molar refractivity (Wildman–Crippen MR) is 63.1 cm³/mol. The van der Waals surface area contributed by atoms with Gasteiger partial charge in [-0.3, -0.25) is 4.98 Å². The van der Waals surface area contributed by atoms with Gasteiger partial charge >= 0.3 is 5.97 Å². The molecular weight excluding hydrogens is 226 g/mol. The molecule has 2 rings (SSSR count). The van der Waals surface area contributed by atoms with Crippen molar-refractivity contribution in [1.82, 2.24) is 4.98 Å². The highest BCUT2D eigenvalue weighted by atomic mass is 35.5. The summed E-state index contributed by atoms with van der Waals surface area (Å²) in [5, 5.41) is 9.97. The van der Waals surface area contributed by atoms with Crippen molar-refractivity contribution in [1.29, 1.82) is 0 Å². The number of pyridine rings is 1. The monoisotopic (exact) mass is 235 g/mol. The van der Waals surface area contributed by atoms with Crippen molar-refractivity contribution in [2.75, 3.05) is 0 Å². The molecule has 0 saturated heterocycles. The van der Waals surface area contributed by atoms with Crippen LogP contribution in [0.2, 0.25) is 5.02 Å². The van der Waals surface area contributed by atoms with Crippen LogP contribution in [-0.4, -0.2) is 16.1 Å². The number of carboxylic acids is 1. The van der Waals surface area contributed by atoms with E-state index in [9.17, 15) is 4.79 Å². The first-order valence-corrected chi connectivity index (χ1v) is 5.31. The van der Waals surface area contributed by atoms with Gasteiger partial charge in [0.1, 0.15) is 0 Å². The van der Waals surface area contributed by atoms with Crippen molar-refractivity contribution in [3.05, 3.63) is 40.5 Å². The van der Waals surface area contributed by atoms with Gasteiger partial charge in [0.2, 0.25) is 0 Å². The van der Waals surface area contributed by atoms with Crippen LogP contribution in [0.15, 0.2) is 24.4 Å². The SMILES string of the molecule is CCc1cnc2cc(Cl)c(C(=O)O)cc2c1. The molecule has 0 radical (unpaired) electrons. The fourth-order valence-electron chi connectivity index (χ4n) is 1.55. The van der Waals surface area contributed by atoms with Crippen LogP contribution in [-0.2, 0) is 6.42 Å². The summed E-state index contributed by atoms with van der Waals surface area (Å²) in [4.78, 5) is 15.2. The van der Waals surface area contributed by atoms with Gasteiger partial charge in [0.05, 0.1) is 16.1 Å². The summed E-state index contributed by atoms with van der Waals surface area (Å²) in [6.07, 6.45) is 2.65. The number of rotatable bonds is 2. The molecule has 1 aromatic heterocycles. The van der Waals surface area contributed by atoms with E-state index >= 15 is 0 Å².